The molecule has 1 heterocycles. The highest BCUT2D eigenvalue weighted by Gasteiger charge is 2.21. The zero-order chi connectivity index (χ0) is 10.3. The van der Waals surface area contributed by atoms with Crippen LogP contribution < -0.4 is 5.46 Å². The fourth-order valence-corrected chi connectivity index (χ4v) is 3.65. The minimum Gasteiger partial charge on any atom is -0.423 e. The van der Waals surface area contributed by atoms with E-state index in [2.05, 4.69) is 35.2 Å². The van der Waals surface area contributed by atoms with Gasteiger partial charge in [0, 0.05) is 13.7 Å². The van der Waals surface area contributed by atoms with Gasteiger partial charge in [-0.1, -0.05) is 12.1 Å². The van der Waals surface area contributed by atoms with Crippen LogP contribution in [0.4, 0.5) is 0 Å². The van der Waals surface area contributed by atoms with E-state index in [0.29, 0.717) is 9.67 Å². The number of thiol groups is 1. The van der Waals surface area contributed by atoms with Gasteiger partial charge in [-0.25, -0.2) is 0 Å². The van der Waals surface area contributed by atoms with Gasteiger partial charge in [-0.3, -0.25) is 0 Å². The fourth-order valence-electron chi connectivity index (χ4n) is 1.34. The van der Waals surface area contributed by atoms with Crippen LogP contribution in [0.15, 0.2) is 22.4 Å². The van der Waals surface area contributed by atoms with Gasteiger partial charge in [0.1, 0.15) is 0 Å². The van der Waals surface area contributed by atoms with Crippen LogP contribution in [0.25, 0.3) is 10.1 Å². The van der Waals surface area contributed by atoms with E-state index in [1.165, 1.54) is 11.3 Å². The summed E-state index contributed by atoms with van der Waals surface area (Å²) in [7, 11) is -1.45. The van der Waals surface area contributed by atoms with Crippen LogP contribution in [0.3, 0.4) is 0 Å². The molecule has 0 amide bonds. The zero-order valence-electron chi connectivity index (χ0n) is 6.94. The Hall–Kier alpha value is 0.245. The minimum absolute atomic E-state index is 0.506. The van der Waals surface area contributed by atoms with Crippen molar-refractivity contribution in [1.29, 1.82) is 0 Å². The maximum atomic E-state index is 9.19. The Morgan fingerprint density at radius 2 is 2.07 bits per heavy atom. The summed E-state index contributed by atoms with van der Waals surface area (Å²) in [4.78, 5) is 0. The maximum Gasteiger partial charge on any atom is 0.491 e. The normalized spacial score (nSPS) is 10.9. The Kier molecular flexibility index (Phi) is 3.08. The summed E-state index contributed by atoms with van der Waals surface area (Å²) < 4.78 is 2.83. The van der Waals surface area contributed by atoms with E-state index in [4.69, 9.17) is 0 Å². The van der Waals surface area contributed by atoms with Crippen LogP contribution in [0.2, 0.25) is 0 Å². The molecule has 0 saturated carbocycles. The third-order valence-corrected chi connectivity index (χ3v) is 4.78. The molecular weight excluding hydrogens is 330 g/mol. The molecule has 0 bridgehead atoms. The van der Waals surface area contributed by atoms with Gasteiger partial charge in [-0.05, 0) is 34.0 Å². The highest BCUT2D eigenvalue weighted by molar-refractivity contribution is 14.1. The summed E-state index contributed by atoms with van der Waals surface area (Å²) in [6.45, 7) is 0. The van der Waals surface area contributed by atoms with E-state index < -0.39 is 7.12 Å². The Morgan fingerprint density at radius 3 is 2.71 bits per heavy atom. The van der Waals surface area contributed by atoms with Gasteiger partial charge < -0.3 is 10.0 Å². The van der Waals surface area contributed by atoms with Gasteiger partial charge in [0.05, 0.1) is 4.21 Å². The van der Waals surface area contributed by atoms with E-state index in [1.807, 2.05) is 18.2 Å². The number of thiophene rings is 1. The quantitative estimate of drug-likeness (QED) is 0.419. The molecule has 0 radical (unpaired) electrons. The van der Waals surface area contributed by atoms with Crippen molar-refractivity contribution in [3.8, 4) is 0 Å². The van der Waals surface area contributed by atoms with E-state index in [0.717, 1.165) is 13.7 Å². The lowest BCUT2D eigenvalue weighted by atomic mass is 9.80. The van der Waals surface area contributed by atoms with Crippen LogP contribution in [0.1, 0.15) is 0 Å². The lowest BCUT2D eigenvalue weighted by Crippen LogP contribution is -2.30. The summed E-state index contributed by atoms with van der Waals surface area (Å²) in [5, 5.41) is 19.3. The predicted octanol–water partition coefficient (Wildman–Crippen LogP) is 1.47. The second-order valence-corrected chi connectivity index (χ2v) is 5.74. The zero-order valence-corrected chi connectivity index (χ0v) is 10.8. The lowest BCUT2D eigenvalue weighted by Gasteiger charge is -1.98. The number of hydrogen-bond acceptors (Lipinski definition) is 4. The Balaban J connectivity index is 2.83. The maximum absolute atomic E-state index is 9.19. The lowest BCUT2D eigenvalue weighted by molar-refractivity contribution is 0.425. The Labute approximate surface area is 105 Å². The average Bonchev–Trinajstić information content (AvgIpc) is 2.42. The van der Waals surface area contributed by atoms with Gasteiger partial charge in [-0.2, -0.15) is 0 Å². The topological polar surface area (TPSA) is 40.5 Å². The number of rotatable bonds is 1. The molecule has 2 nitrogen and oxygen atoms in total. The first-order chi connectivity index (χ1) is 6.61. The minimum atomic E-state index is -1.45. The summed E-state index contributed by atoms with van der Waals surface area (Å²) in [6.07, 6.45) is 0. The molecular formula is C8H6BIO2S2. The van der Waals surface area contributed by atoms with Crippen LogP contribution in [-0.4, -0.2) is 17.2 Å². The molecule has 6 heteroatoms. The predicted molar refractivity (Wildman–Crippen MR) is 71.6 cm³/mol. The Morgan fingerprint density at radius 1 is 1.36 bits per heavy atom. The molecule has 72 valence electrons. The number of halogens is 1. The van der Waals surface area contributed by atoms with Crippen molar-refractivity contribution in [1.82, 2.24) is 0 Å². The SMILES string of the molecule is OB(O)c1c(S)sc2c(I)cccc12. The van der Waals surface area contributed by atoms with Crippen LogP contribution >= 0.6 is 46.6 Å². The van der Waals surface area contributed by atoms with Gasteiger partial charge in [0.2, 0.25) is 0 Å². The molecule has 2 N–H and O–H groups in total. The summed E-state index contributed by atoms with van der Waals surface area (Å²) in [6, 6.07) is 5.76. The largest absolute Gasteiger partial charge is 0.491 e. The van der Waals surface area contributed by atoms with Crippen LogP contribution in [0, 0.1) is 3.57 Å². The average molecular weight is 336 g/mol. The van der Waals surface area contributed by atoms with Crippen molar-refractivity contribution in [3.63, 3.8) is 0 Å². The summed E-state index contributed by atoms with van der Waals surface area (Å²) in [5.74, 6) is 0. The molecule has 2 aromatic rings. The van der Waals surface area contributed by atoms with Gasteiger partial charge >= 0.3 is 7.12 Å². The molecule has 1 aromatic carbocycles. The van der Waals surface area contributed by atoms with E-state index >= 15 is 0 Å². The smallest absolute Gasteiger partial charge is 0.423 e. The fraction of sp³-hybridized carbons (Fsp3) is 0. The van der Waals surface area contributed by atoms with Gasteiger partial charge in [-0.15, -0.1) is 24.0 Å². The standard InChI is InChI=1S/C8H6BIO2S2/c10-5-3-1-2-4-6(9(11)12)8(13)14-7(4)5/h1-3,11-13H. The van der Waals surface area contributed by atoms with E-state index in [9.17, 15) is 10.0 Å². The number of hydrogen-bond donors (Lipinski definition) is 3. The van der Waals surface area contributed by atoms with Gasteiger partial charge in [0.25, 0.3) is 0 Å². The highest BCUT2D eigenvalue weighted by Crippen LogP contribution is 2.30. The summed E-state index contributed by atoms with van der Waals surface area (Å²) >= 11 is 7.93. The first kappa shape index (κ1) is 10.8. The monoisotopic (exact) mass is 336 g/mol. The third kappa shape index (κ3) is 1.69. The van der Waals surface area contributed by atoms with Crippen molar-refractivity contribution in [2.24, 2.45) is 0 Å². The van der Waals surface area contributed by atoms with Crippen LogP contribution in [-0.2, 0) is 0 Å². The second-order valence-electron chi connectivity index (χ2n) is 2.81. The molecule has 2 rings (SSSR count). The molecule has 0 spiro atoms. The van der Waals surface area contributed by atoms with Gasteiger partial charge in [0.15, 0.2) is 0 Å². The number of fused-ring (bicyclic) bond motifs is 1. The van der Waals surface area contributed by atoms with Crippen molar-refractivity contribution < 1.29 is 10.0 Å². The summed E-state index contributed by atoms with van der Waals surface area (Å²) in [5.41, 5.74) is 0.506. The molecule has 0 aliphatic carbocycles. The molecule has 1 aromatic heterocycles. The molecule has 0 atom stereocenters. The molecule has 0 saturated heterocycles. The Bertz CT molecular complexity index is 483. The van der Waals surface area contributed by atoms with E-state index in [1.54, 1.807) is 0 Å². The molecule has 0 fully saturated rings. The third-order valence-electron chi connectivity index (χ3n) is 1.94. The van der Waals surface area contributed by atoms with Crippen molar-refractivity contribution in [3.05, 3.63) is 21.8 Å². The molecule has 0 aliphatic heterocycles. The van der Waals surface area contributed by atoms with Crippen LogP contribution in [0.5, 0.6) is 0 Å². The van der Waals surface area contributed by atoms with E-state index in [-0.39, 0.29) is 0 Å². The van der Waals surface area contributed by atoms with Crippen molar-refractivity contribution >= 4 is 69.2 Å². The molecule has 14 heavy (non-hydrogen) atoms. The molecule has 0 unspecified atom stereocenters. The first-order valence-corrected chi connectivity index (χ1v) is 6.21. The second kappa shape index (κ2) is 4.01. The number of benzene rings is 1. The van der Waals surface area contributed by atoms with Crippen molar-refractivity contribution in [2.75, 3.05) is 0 Å². The molecule has 0 aliphatic rings. The first-order valence-electron chi connectivity index (χ1n) is 3.87. The highest BCUT2D eigenvalue weighted by atomic mass is 127. The van der Waals surface area contributed by atoms with Crippen molar-refractivity contribution in [2.45, 2.75) is 4.21 Å².